The van der Waals surface area contributed by atoms with Crippen LogP contribution in [0.4, 0.5) is 0 Å². The zero-order chi connectivity index (χ0) is 29.3. The van der Waals surface area contributed by atoms with Crippen LogP contribution < -0.4 is 0 Å². The van der Waals surface area contributed by atoms with Gasteiger partial charge in [-0.2, -0.15) is 0 Å². The highest BCUT2D eigenvalue weighted by molar-refractivity contribution is 6.09. The fraction of sp³-hybridized carbons (Fsp3) is 0. The number of aromatic nitrogens is 4. The fourth-order valence-corrected chi connectivity index (χ4v) is 5.74. The Hall–Kier alpha value is -6.00. The first-order valence-electron chi connectivity index (χ1n) is 14.6. The highest BCUT2D eigenvalue weighted by Crippen LogP contribution is 2.33. The van der Waals surface area contributed by atoms with E-state index >= 15 is 0 Å². The molecule has 0 radical (unpaired) electrons. The maximum absolute atomic E-state index is 5.05. The van der Waals surface area contributed by atoms with Crippen molar-refractivity contribution in [2.24, 2.45) is 0 Å². The molecule has 0 aliphatic rings. The summed E-state index contributed by atoms with van der Waals surface area (Å²) in [5, 5.41) is 3.23. The molecule has 0 saturated carbocycles. The molecule has 44 heavy (non-hydrogen) atoms. The summed E-state index contributed by atoms with van der Waals surface area (Å²) < 4.78 is 0. The Morgan fingerprint density at radius 2 is 0.841 bits per heavy atom. The van der Waals surface area contributed by atoms with Gasteiger partial charge in [-0.1, -0.05) is 146 Å². The number of pyridine rings is 1. The highest BCUT2D eigenvalue weighted by Gasteiger charge is 2.15. The largest absolute Gasteiger partial charge is 0.256 e. The Morgan fingerprint density at radius 3 is 1.43 bits per heavy atom. The molecule has 8 aromatic rings. The van der Waals surface area contributed by atoms with Crippen molar-refractivity contribution in [3.8, 4) is 56.4 Å². The molecule has 4 nitrogen and oxygen atoms in total. The average molecular weight is 563 g/mol. The van der Waals surface area contributed by atoms with Crippen LogP contribution in [-0.2, 0) is 0 Å². The summed E-state index contributed by atoms with van der Waals surface area (Å²) in [6.07, 6.45) is 1.84. The smallest absolute Gasteiger partial charge is 0.164 e. The summed E-state index contributed by atoms with van der Waals surface area (Å²) in [6.45, 7) is 0. The summed E-state index contributed by atoms with van der Waals surface area (Å²) in [4.78, 5) is 19.8. The first kappa shape index (κ1) is 25.7. The lowest BCUT2D eigenvalue weighted by Crippen LogP contribution is -2.00. The lowest BCUT2D eigenvalue weighted by atomic mass is 10.0. The fourth-order valence-electron chi connectivity index (χ4n) is 5.74. The summed E-state index contributed by atoms with van der Waals surface area (Å²) in [5.74, 6) is 1.89. The maximum Gasteiger partial charge on any atom is 0.164 e. The van der Waals surface area contributed by atoms with Crippen LogP contribution in [0, 0.1) is 0 Å². The third-order valence-corrected chi connectivity index (χ3v) is 8.01. The van der Waals surface area contributed by atoms with Crippen molar-refractivity contribution >= 4 is 21.7 Å². The van der Waals surface area contributed by atoms with E-state index in [0.29, 0.717) is 17.5 Å². The molecule has 8 rings (SSSR count). The molecule has 0 aliphatic heterocycles. The van der Waals surface area contributed by atoms with E-state index in [4.69, 9.17) is 15.0 Å². The second kappa shape index (κ2) is 11.0. The maximum atomic E-state index is 5.05. The van der Waals surface area contributed by atoms with Crippen molar-refractivity contribution in [1.82, 2.24) is 19.9 Å². The van der Waals surface area contributed by atoms with E-state index in [1.807, 2.05) is 24.4 Å². The molecule has 6 aromatic carbocycles. The van der Waals surface area contributed by atoms with E-state index < -0.39 is 0 Å². The molecule has 0 atom stereocenters. The van der Waals surface area contributed by atoms with Gasteiger partial charge >= 0.3 is 0 Å². The van der Waals surface area contributed by atoms with Crippen molar-refractivity contribution < 1.29 is 0 Å². The van der Waals surface area contributed by atoms with E-state index in [1.165, 1.54) is 11.1 Å². The van der Waals surface area contributed by atoms with Gasteiger partial charge in [0.15, 0.2) is 17.5 Å². The van der Waals surface area contributed by atoms with Gasteiger partial charge in [-0.25, -0.2) is 15.0 Å². The van der Waals surface area contributed by atoms with Gasteiger partial charge in [-0.3, -0.25) is 4.98 Å². The van der Waals surface area contributed by atoms with Crippen molar-refractivity contribution in [3.63, 3.8) is 0 Å². The minimum atomic E-state index is 0.630. The normalized spacial score (nSPS) is 11.2. The molecule has 0 spiro atoms. The van der Waals surface area contributed by atoms with Crippen molar-refractivity contribution in [3.05, 3.63) is 158 Å². The minimum Gasteiger partial charge on any atom is -0.256 e. The summed E-state index contributed by atoms with van der Waals surface area (Å²) in [5.41, 5.74) is 8.42. The Labute approximate surface area is 255 Å². The van der Waals surface area contributed by atoms with Gasteiger partial charge in [0.05, 0.1) is 5.52 Å². The number of rotatable bonds is 5. The van der Waals surface area contributed by atoms with Gasteiger partial charge in [0.2, 0.25) is 0 Å². The number of benzene rings is 6. The molecule has 2 aromatic heterocycles. The molecule has 0 N–H and O–H groups in total. The number of nitrogens with zero attached hydrogens (tertiary/aromatic N) is 4. The van der Waals surface area contributed by atoms with Crippen LogP contribution in [0.15, 0.2) is 158 Å². The van der Waals surface area contributed by atoms with Gasteiger partial charge in [-0.15, -0.1) is 0 Å². The highest BCUT2D eigenvalue weighted by atomic mass is 15.0. The standard InChI is InChI=1S/C40H26N4/c1-3-9-27(10-4-1)29-16-20-32(21-17-29)38-42-39(33-22-18-30(19-23-33)28-11-5-2-6-12-28)44-40(43-38)36-15-7-14-35-34(36)25-24-31-13-8-26-41-37(31)35/h1-26H. The molecular formula is C40H26N4. The van der Waals surface area contributed by atoms with Gasteiger partial charge in [-0.05, 0) is 33.7 Å². The third-order valence-electron chi connectivity index (χ3n) is 8.01. The lowest BCUT2D eigenvalue weighted by Gasteiger charge is -2.12. The summed E-state index contributed by atoms with van der Waals surface area (Å²) >= 11 is 0. The molecule has 4 heteroatoms. The Bertz CT molecular complexity index is 2140. The van der Waals surface area contributed by atoms with Crippen LogP contribution in [0.3, 0.4) is 0 Å². The van der Waals surface area contributed by atoms with E-state index in [0.717, 1.165) is 49.5 Å². The van der Waals surface area contributed by atoms with Gasteiger partial charge in [0.25, 0.3) is 0 Å². The van der Waals surface area contributed by atoms with Gasteiger partial charge < -0.3 is 0 Å². The van der Waals surface area contributed by atoms with Gasteiger partial charge in [0.1, 0.15) is 0 Å². The Kier molecular flexibility index (Phi) is 6.43. The van der Waals surface area contributed by atoms with E-state index in [9.17, 15) is 0 Å². The molecule has 0 aliphatic carbocycles. The number of hydrogen-bond acceptors (Lipinski definition) is 4. The van der Waals surface area contributed by atoms with Crippen LogP contribution in [0.5, 0.6) is 0 Å². The van der Waals surface area contributed by atoms with Gasteiger partial charge in [0, 0.05) is 33.7 Å². The third kappa shape index (κ3) is 4.79. The summed E-state index contributed by atoms with van der Waals surface area (Å²) in [6, 6.07) is 52.2. The number of fused-ring (bicyclic) bond motifs is 3. The Morgan fingerprint density at radius 1 is 0.318 bits per heavy atom. The van der Waals surface area contributed by atoms with Crippen molar-refractivity contribution in [1.29, 1.82) is 0 Å². The molecule has 0 amide bonds. The topological polar surface area (TPSA) is 51.6 Å². The van der Waals surface area contributed by atoms with Crippen LogP contribution in [0.25, 0.3) is 78.1 Å². The first-order valence-corrected chi connectivity index (χ1v) is 14.6. The Balaban J connectivity index is 1.28. The second-order valence-corrected chi connectivity index (χ2v) is 10.7. The molecule has 206 valence electrons. The minimum absolute atomic E-state index is 0.630. The van der Waals surface area contributed by atoms with E-state index in [1.54, 1.807) is 0 Å². The van der Waals surface area contributed by atoms with Crippen LogP contribution in [-0.4, -0.2) is 19.9 Å². The second-order valence-electron chi connectivity index (χ2n) is 10.7. The van der Waals surface area contributed by atoms with E-state index in [2.05, 4.69) is 138 Å². The molecular weight excluding hydrogens is 536 g/mol. The van der Waals surface area contributed by atoms with Crippen molar-refractivity contribution in [2.45, 2.75) is 0 Å². The predicted octanol–water partition coefficient (Wildman–Crippen LogP) is 9.91. The van der Waals surface area contributed by atoms with Crippen LogP contribution >= 0.6 is 0 Å². The van der Waals surface area contributed by atoms with Crippen molar-refractivity contribution in [2.75, 3.05) is 0 Å². The molecule has 0 unspecified atom stereocenters. The SMILES string of the molecule is c1ccc(-c2ccc(-c3nc(-c4ccc(-c5ccccc5)cc4)nc(-c4cccc5c4ccc4cccnc45)n3)cc2)cc1. The average Bonchev–Trinajstić information content (AvgIpc) is 3.12. The first-order chi connectivity index (χ1) is 21.8. The monoisotopic (exact) mass is 562 g/mol. The quantitative estimate of drug-likeness (QED) is 0.196. The zero-order valence-electron chi connectivity index (χ0n) is 23.8. The van der Waals surface area contributed by atoms with Crippen LogP contribution in [0.1, 0.15) is 0 Å². The number of hydrogen-bond donors (Lipinski definition) is 0. The molecule has 2 heterocycles. The summed E-state index contributed by atoms with van der Waals surface area (Å²) in [7, 11) is 0. The van der Waals surface area contributed by atoms with Crippen LogP contribution in [0.2, 0.25) is 0 Å². The zero-order valence-corrected chi connectivity index (χ0v) is 23.8. The lowest BCUT2D eigenvalue weighted by molar-refractivity contribution is 1.08. The molecule has 0 saturated heterocycles. The molecule has 0 bridgehead atoms. The van der Waals surface area contributed by atoms with E-state index in [-0.39, 0.29) is 0 Å². The molecule has 0 fully saturated rings. The predicted molar refractivity (Wildman–Crippen MR) is 180 cm³/mol.